The van der Waals surface area contributed by atoms with Crippen LogP contribution < -0.4 is 5.32 Å². The van der Waals surface area contributed by atoms with Crippen LogP contribution in [0.1, 0.15) is 53.6 Å². The van der Waals surface area contributed by atoms with Crippen molar-refractivity contribution in [3.8, 4) is 0 Å². The molecule has 2 aromatic rings. The average molecular weight is 441 g/mol. The third kappa shape index (κ3) is 4.79. The lowest BCUT2D eigenvalue weighted by molar-refractivity contribution is -0.120. The Balaban J connectivity index is 1.60. The molecule has 1 N–H and O–H groups in total. The molecular formula is C25H29FN2O2S. The van der Waals surface area contributed by atoms with Crippen LogP contribution in [0.25, 0.3) is 0 Å². The number of hydrogen-bond acceptors (Lipinski definition) is 3. The number of anilines is 1. The molecule has 4 rings (SSSR count). The highest BCUT2D eigenvalue weighted by atomic mass is 32.2. The van der Waals surface area contributed by atoms with Crippen LogP contribution in [-0.2, 0) is 4.79 Å². The molecule has 1 aliphatic carbocycles. The van der Waals surface area contributed by atoms with Crippen LogP contribution in [0.4, 0.5) is 10.1 Å². The highest BCUT2D eigenvalue weighted by Gasteiger charge is 2.45. The van der Waals surface area contributed by atoms with Gasteiger partial charge in [-0.3, -0.25) is 9.59 Å². The number of hydrogen-bond donors (Lipinski definition) is 1. The molecule has 2 unspecified atom stereocenters. The van der Waals surface area contributed by atoms with Crippen LogP contribution in [0.15, 0.2) is 42.5 Å². The van der Waals surface area contributed by atoms with Crippen molar-refractivity contribution in [2.45, 2.75) is 57.4 Å². The zero-order valence-electron chi connectivity index (χ0n) is 18.1. The van der Waals surface area contributed by atoms with E-state index in [0.717, 1.165) is 42.5 Å². The van der Waals surface area contributed by atoms with Gasteiger partial charge in [0.25, 0.3) is 5.91 Å². The average Bonchev–Trinajstić information content (AvgIpc) is 3.22. The molecule has 1 saturated heterocycles. The Labute approximate surface area is 187 Å². The van der Waals surface area contributed by atoms with Crippen LogP contribution >= 0.6 is 11.8 Å². The summed E-state index contributed by atoms with van der Waals surface area (Å²) in [6.45, 7) is 4.04. The van der Waals surface area contributed by atoms with Crippen LogP contribution in [0.5, 0.6) is 0 Å². The van der Waals surface area contributed by atoms with Crippen molar-refractivity contribution >= 4 is 29.3 Å². The molecule has 0 radical (unpaired) electrons. The molecular weight excluding hydrogens is 411 g/mol. The number of carbonyl (C=O) groups is 2. The van der Waals surface area contributed by atoms with Gasteiger partial charge in [0, 0.05) is 17.0 Å². The summed E-state index contributed by atoms with van der Waals surface area (Å²) in [7, 11) is 0. The van der Waals surface area contributed by atoms with Gasteiger partial charge in [-0.15, -0.1) is 11.8 Å². The number of nitrogens with zero attached hydrogens (tertiary/aromatic N) is 1. The highest BCUT2D eigenvalue weighted by Crippen LogP contribution is 2.41. The summed E-state index contributed by atoms with van der Waals surface area (Å²) in [5, 5.41) is 2.95. The first kappa shape index (κ1) is 21.9. The van der Waals surface area contributed by atoms with E-state index in [1.54, 1.807) is 28.8 Å². The first-order valence-corrected chi connectivity index (χ1v) is 12.1. The Bertz CT molecular complexity index is 974. The standard InChI is InChI=1S/C25H29FN2O2S/c1-16-11-12-21(13-17(16)2)27-23(29)22-15-31-25(18-7-4-3-5-8-18)28(22)24(30)19-9-6-10-20(26)14-19/h6,9-14,18,22,25H,3-5,7-8,15H2,1-2H3,(H,27,29). The monoisotopic (exact) mass is 440 g/mol. The van der Waals surface area contributed by atoms with E-state index in [-0.39, 0.29) is 17.2 Å². The summed E-state index contributed by atoms with van der Waals surface area (Å²) in [5.41, 5.74) is 3.30. The molecule has 0 aromatic heterocycles. The number of halogens is 1. The van der Waals surface area contributed by atoms with Crippen LogP contribution in [-0.4, -0.2) is 33.9 Å². The predicted molar refractivity (Wildman–Crippen MR) is 124 cm³/mol. The Morgan fingerprint density at radius 1 is 1.03 bits per heavy atom. The molecule has 1 aliphatic heterocycles. The minimum Gasteiger partial charge on any atom is -0.324 e. The Morgan fingerprint density at radius 2 is 1.81 bits per heavy atom. The van der Waals surface area contributed by atoms with Crippen molar-refractivity contribution in [3.63, 3.8) is 0 Å². The molecule has 1 heterocycles. The number of aryl methyl sites for hydroxylation is 2. The molecule has 2 atom stereocenters. The zero-order valence-corrected chi connectivity index (χ0v) is 18.9. The lowest BCUT2D eigenvalue weighted by atomic mass is 9.88. The van der Waals surface area contributed by atoms with E-state index in [1.807, 2.05) is 32.0 Å². The van der Waals surface area contributed by atoms with Gasteiger partial charge in [0.15, 0.2) is 0 Å². The van der Waals surface area contributed by atoms with Gasteiger partial charge in [0.2, 0.25) is 5.91 Å². The lowest BCUT2D eigenvalue weighted by Crippen LogP contribution is -2.49. The predicted octanol–water partition coefficient (Wildman–Crippen LogP) is 5.55. The minimum atomic E-state index is -0.575. The molecule has 2 aliphatic rings. The fourth-order valence-corrected chi connectivity index (χ4v) is 6.22. The smallest absolute Gasteiger partial charge is 0.255 e. The second-order valence-electron chi connectivity index (χ2n) is 8.65. The van der Waals surface area contributed by atoms with Crippen LogP contribution in [0.2, 0.25) is 0 Å². The number of benzene rings is 2. The first-order valence-electron chi connectivity index (χ1n) is 11.0. The summed E-state index contributed by atoms with van der Waals surface area (Å²) in [6, 6.07) is 11.0. The van der Waals surface area contributed by atoms with E-state index in [4.69, 9.17) is 0 Å². The van der Waals surface area contributed by atoms with Crippen molar-refractivity contribution in [3.05, 3.63) is 65.0 Å². The van der Waals surface area contributed by atoms with E-state index < -0.39 is 11.9 Å². The fourth-order valence-electron chi connectivity index (χ4n) is 4.58. The summed E-state index contributed by atoms with van der Waals surface area (Å²) >= 11 is 1.69. The van der Waals surface area contributed by atoms with Crippen LogP contribution in [0, 0.1) is 25.6 Å². The number of amides is 2. The van der Waals surface area contributed by atoms with E-state index >= 15 is 0 Å². The summed E-state index contributed by atoms with van der Waals surface area (Å²) < 4.78 is 13.8. The zero-order chi connectivity index (χ0) is 22.0. The second-order valence-corrected chi connectivity index (χ2v) is 9.80. The van der Waals surface area contributed by atoms with Gasteiger partial charge in [-0.1, -0.05) is 31.4 Å². The first-order chi connectivity index (χ1) is 14.9. The van der Waals surface area contributed by atoms with Crippen molar-refractivity contribution in [1.29, 1.82) is 0 Å². The molecule has 2 amide bonds. The van der Waals surface area contributed by atoms with Crippen molar-refractivity contribution in [2.24, 2.45) is 5.92 Å². The van der Waals surface area contributed by atoms with Gasteiger partial charge >= 0.3 is 0 Å². The molecule has 2 fully saturated rings. The number of nitrogens with one attached hydrogen (secondary N) is 1. The second kappa shape index (κ2) is 9.43. The SMILES string of the molecule is Cc1ccc(NC(=O)C2CSC(C3CCCCC3)N2C(=O)c2cccc(F)c2)cc1C. The third-order valence-electron chi connectivity index (χ3n) is 6.47. The van der Waals surface area contributed by atoms with Gasteiger partial charge < -0.3 is 10.2 Å². The maximum atomic E-state index is 13.8. The third-order valence-corrected chi connectivity index (χ3v) is 7.93. The number of rotatable bonds is 4. The quantitative estimate of drug-likeness (QED) is 0.679. The van der Waals surface area contributed by atoms with Crippen molar-refractivity contribution < 1.29 is 14.0 Å². The molecule has 6 heteroatoms. The summed E-state index contributed by atoms with van der Waals surface area (Å²) in [5.74, 6) is 0.0386. The summed E-state index contributed by atoms with van der Waals surface area (Å²) in [4.78, 5) is 28.5. The molecule has 1 saturated carbocycles. The Kier molecular flexibility index (Phi) is 6.65. The number of carbonyl (C=O) groups excluding carboxylic acids is 2. The van der Waals surface area contributed by atoms with Crippen LogP contribution in [0.3, 0.4) is 0 Å². The van der Waals surface area contributed by atoms with E-state index in [0.29, 0.717) is 17.2 Å². The van der Waals surface area contributed by atoms with Gasteiger partial charge in [0.05, 0.1) is 5.37 Å². The van der Waals surface area contributed by atoms with Gasteiger partial charge in [-0.25, -0.2) is 4.39 Å². The lowest BCUT2D eigenvalue weighted by Gasteiger charge is -2.35. The number of thioether (sulfide) groups is 1. The molecule has 0 bridgehead atoms. The topological polar surface area (TPSA) is 49.4 Å². The molecule has 0 spiro atoms. The molecule has 4 nitrogen and oxygen atoms in total. The molecule has 164 valence electrons. The molecule has 2 aromatic carbocycles. The van der Waals surface area contributed by atoms with Gasteiger partial charge in [0.1, 0.15) is 11.9 Å². The highest BCUT2D eigenvalue weighted by molar-refractivity contribution is 8.00. The van der Waals surface area contributed by atoms with Gasteiger partial charge in [-0.2, -0.15) is 0 Å². The summed E-state index contributed by atoms with van der Waals surface area (Å²) in [6.07, 6.45) is 5.67. The van der Waals surface area contributed by atoms with Gasteiger partial charge in [-0.05, 0) is 74.1 Å². The minimum absolute atomic E-state index is 0.0495. The molecule has 31 heavy (non-hydrogen) atoms. The van der Waals surface area contributed by atoms with E-state index in [1.165, 1.54) is 18.6 Å². The fraction of sp³-hybridized carbons (Fsp3) is 0.440. The van der Waals surface area contributed by atoms with Crippen molar-refractivity contribution in [2.75, 3.05) is 11.1 Å². The normalized spacial score (nSPS) is 21.8. The maximum Gasteiger partial charge on any atom is 0.255 e. The maximum absolute atomic E-state index is 13.8. The Hall–Kier alpha value is -2.34. The largest absolute Gasteiger partial charge is 0.324 e. The van der Waals surface area contributed by atoms with E-state index in [2.05, 4.69) is 5.32 Å². The van der Waals surface area contributed by atoms with Crippen molar-refractivity contribution in [1.82, 2.24) is 4.90 Å². The van der Waals surface area contributed by atoms with E-state index in [9.17, 15) is 14.0 Å². The Morgan fingerprint density at radius 3 is 2.52 bits per heavy atom.